The molecule has 2 N–H and O–H groups in total. The number of allylic oxidation sites excluding steroid dienone is 1. The van der Waals surface area contributed by atoms with E-state index in [-0.39, 0.29) is 12.4 Å². The molecule has 0 amide bonds. The van der Waals surface area contributed by atoms with Gasteiger partial charge in [-0.2, -0.15) is 5.26 Å². The van der Waals surface area contributed by atoms with Gasteiger partial charge in [-0.1, -0.05) is 54.1 Å². The molecular weight excluding hydrogens is 420 g/mol. The number of carbonyl (C=O) groups is 1. The normalized spacial score (nSPS) is 18.1. The lowest BCUT2D eigenvalue weighted by Crippen LogP contribution is -2.38. The highest BCUT2D eigenvalue weighted by Gasteiger charge is 2.43. The molecule has 0 unspecified atom stereocenters. The highest BCUT2D eigenvalue weighted by Crippen LogP contribution is 2.47. The van der Waals surface area contributed by atoms with Gasteiger partial charge in [0.05, 0.1) is 23.9 Å². The van der Waals surface area contributed by atoms with E-state index in [1.807, 2.05) is 42.5 Å². The van der Waals surface area contributed by atoms with Crippen LogP contribution in [-0.4, -0.2) is 22.6 Å². The maximum absolute atomic E-state index is 13.1. The summed E-state index contributed by atoms with van der Waals surface area (Å²) in [7, 11) is 0. The Morgan fingerprint density at radius 2 is 1.97 bits per heavy atom. The third-order valence-corrected chi connectivity index (χ3v) is 5.94. The first kappa shape index (κ1) is 20.1. The number of esters is 1. The smallest absolute Gasteiger partial charge is 0.338 e. The van der Waals surface area contributed by atoms with Gasteiger partial charge < -0.3 is 10.5 Å². The Hall–Kier alpha value is -3.21. The first-order valence-electron chi connectivity index (χ1n) is 9.23. The van der Waals surface area contributed by atoms with Crippen molar-refractivity contribution in [3.63, 3.8) is 0 Å². The lowest BCUT2D eigenvalue weighted by molar-refractivity contribution is -0.139. The third-order valence-electron chi connectivity index (χ3n) is 4.72. The Bertz CT molecular complexity index is 1130. The molecule has 0 saturated heterocycles. The number of rotatable bonds is 4. The SMILES string of the molecule is CCOC(=O)C1=C(c2ccccc2)N=C2SC(C#N)=C(N)N2[C@@H]1c1ccc(Cl)cc1. The van der Waals surface area contributed by atoms with Gasteiger partial charge in [-0.25, -0.2) is 9.79 Å². The molecule has 0 bridgehead atoms. The molecule has 0 radical (unpaired) electrons. The second-order valence-corrected chi connectivity index (χ2v) is 7.91. The number of ether oxygens (including phenoxy) is 1. The number of nitriles is 1. The van der Waals surface area contributed by atoms with Crippen LogP contribution in [0.3, 0.4) is 0 Å². The van der Waals surface area contributed by atoms with Crippen LogP contribution in [0.4, 0.5) is 0 Å². The van der Waals surface area contributed by atoms with E-state index in [9.17, 15) is 10.1 Å². The number of hydrogen-bond acceptors (Lipinski definition) is 7. The Morgan fingerprint density at radius 1 is 1.27 bits per heavy atom. The lowest BCUT2D eigenvalue weighted by atomic mass is 9.92. The van der Waals surface area contributed by atoms with Crippen molar-refractivity contribution in [3.05, 3.63) is 87.0 Å². The van der Waals surface area contributed by atoms with Crippen molar-refractivity contribution in [3.8, 4) is 6.07 Å². The maximum Gasteiger partial charge on any atom is 0.338 e. The van der Waals surface area contributed by atoms with Gasteiger partial charge in [0.1, 0.15) is 16.8 Å². The number of halogens is 1. The fourth-order valence-electron chi connectivity index (χ4n) is 3.42. The van der Waals surface area contributed by atoms with Gasteiger partial charge in [0.25, 0.3) is 0 Å². The summed E-state index contributed by atoms with van der Waals surface area (Å²) in [5.41, 5.74) is 8.72. The molecule has 30 heavy (non-hydrogen) atoms. The monoisotopic (exact) mass is 436 g/mol. The minimum absolute atomic E-state index is 0.220. The fraction of sp³-hybridized carbons (Fsp3) is 0.136. The van der Waals surface area contributed by atoms with Gasteiger partial charge in [-0.15, -0.1) is 0 Å². The van der Waals surface area contributed by atoms with Crippen molar-refractivity contribution in [2.75, 3.05) is 6.61 Å². The number of nitrogens with zero attached hydrogens (tertiary/aromatic N) is 3. The quantitative estimate of drug-likeness (QED) is 0.713. The van der Waals surface area contributed by atoms with Crippen molar-refractivity contribution in [2.45, 2.75) is 13.0 Å². The molecule has 0 spiro atoms. The molecule has 0 saturated carbocycles. The Balaban J connectivity index is 1.99. The summed E-state index contributed by atoms with van der Waals surface area (Å²) in [6.07, 6.45) is 0. The van der Waals surface area contributed by atoms with Crippen molar-refractivity contribution in [1.82, 2.24) is 4.90 Å². The average Bonchev–Trinajstić information content (AvgIpc) is 3.09. The molecular formula is C22H17ClN4O2S. The van der Waals surface area contributed by atoms with Crippen LogP contribution in [0.15, 0.2) is 75.9 Å². The largest absolute Gasteiger partial charge is 0.463 e. The van der Waals surface area contributed by atoms with Gasteiger partial charge in [-0.05, 0) is 36.4 Å². The molecule has 2 aromatic rings. The van der Waals surface area contributed by atoms with Crippen molar-refractivity contribution < 1.29 is 9.53 Å². The predicted molar refractivity (Wildman–Crippen MR) is 118 cm³/mol. The Labute approximate surface area is 183 Å². The third kappa shape index (κ3) is 3.45. The molecule has 0 aromatic heterocycles. The minimum Gasteiger partial charge on any atom is -0.463 e. The number of amidine groups is 1. The first-order chi connectivity index (χ1) is 14.5. The standard InChI is InChI=1S/C22H17ClN4O2S/c1-2-29-21(28)17-18(13-6-4-3-5-7-13)26-22-27(20(25)16(12-24)30-22)19(17)14-8-10-15(23)11-9-14/h3-11,19H,2,25H2,1H3/t19-/m1/s1. The van der Waals surface area contributed by atoms with E-state index in [4.69, 9.17) is 27.1 Å². The summed E-state index contributed by atoms with van der Waals surface area (Å²) < 4.78 is 5.40. The molecule has 150 valence electrons. The number of carbonyl (C=O) groups excluding carboxylic acids is 1. The molecule has 8 heteroatoms. The van der Waals surface area contributed by atoms with Crippen LogP contribution in [0.2, 0.25) is 5.02 Å². The van der Waals surface area contributed by atoms with Crippen LogP contribution >= 0.6 is 23.4 Å². The van der Waals surface area contributed by atoms with E-state index in [2.05, 4.69) is 6.07 Å². The average molecular weight is 437 g/mol. The summed E-state index contributed by atoms with van der Waals surface area (Å²) in [6.45, 7) is 1.97. The molecule has 2 aliphatic rings. The van der Waals surface area contributed by atoms with E-state index < -0.39 is 12.0 Å². The van der Waals surface area contributed by atoms with Gasteiger partial charge in [0.15, 0.2) is 5.17 Å². The summed E-state index contributed by atoms with van der Waals surface area (Å²) >= 11 is 7.27. The molecule has 0 fully saturated rings. The van der Waals surface area contributed by atoms with Gasteiger partial charge in [0, 0.05) is 10.6 Å². The number of fused-ring (bicyclic) bond motifs is 1. The molecule has 0 aliphatic carbocycles. The number of benzene rings is 2. The first-order valence-corrected chi connectivity index (χ1v) is 10.4. The van der Waals surface area contributed by atoms with E-state index in [1.165, 1.54) is 11.8 Å². The van der Waals surface area contributed by atoms with Crippen LogP contribution in [0, 0.1) is 11.3 Å². The Morgan fingerprint density at radius 3 is 2.60 bits per heavy atom. The summed E-state index contributed by atoms with van der Waals surface area (Å²) in [5.74, 6) is -0.225. The second-order valence-electron chi connectivity index (χ2n) is 6.50. The number of hydrogen-bond donors (Lipinski definition) is 1. The van der Waals surface area contributed by atoms with E-state index in [1.54, 1.807) is 24.0 Å². The fourth-order valence-corrected chi connectivity index (χ4v) is 4.42. The van der Waals surface area contributed by atoms with Crippen molar-refractivity contribution >= 4 is 40.2 Å². The van der Waals surface area contributed by atoms with Gasteiger partial charge in [-0.3, -0.25) is 4.90 Å². The van der Waals surface area contributed by atoms with Crippen LogP contribution in [0.1, 0.15) is 24.1 Å². The zero-order valence-corrected chi connectivity index (χ0v) is 17.6. The van der Waals surface area contributed by atoms with Gasteiger partial charge in [0.2, 0.25) is 0 Å². The van der Waals surface area contributed by atoms with Crippen LogP contribution in [0.5, 0.6) is 0 Å². The van der Waals surface area contributed by atoms with E-state index >= 15 is 0 Å². The Kier molecular flexibility index (Phi) is 5.53. The molecule has 2 aromatic carbocycles. The topological polar surface area (TPSA) is 91.7 Å². The summed E-state index contributed by atoms with van der Waals surface area (Å²) in [4.78, 5) is 19.9. The number of nitrogens with two attached hydrogens (primary N) is 1. The number of thioether (sulfide) groups is 1. The maximum atomic E-state index is 13.1. The highest BCUT2D eigenvalue weighted by molar-refractivity contribution is 8.17. The predicted octanol–water partition coefficient (Wildman–Crippen LogP) is 4.43. The van der Waals surface area contributed by atoms with Gasteiger partial charge >= 0.3 is 5.97 Å². The van der Waals surface area contributed by atoms with Crippen LogP contribution in [0.25, 0.3) is 5.70 Å². The molecule has 4 rings (SSSR count). The zero-order chi connectivity index (χ0) is 21.3. The summed E-state index contributed by atoms with van der Waals surface area (Å²) in [5, 5.41) is 10.6. The minimum atomic E-state index is -0.609. The van der Waals surface area contributed by atoms with E-state index in [0.717, 1.165) is 11.1 Å². The van der Waals surface area contributed by atoms with Crippen molar-refractivity contribution in [1.29, 1.82) is 5.26 Å². The second kappa shape index (κ2) is 8.27. The molecule has 2 aliphatic heterocycles. The molecule has 2 heterocycles. The zero-order valence-electron chi connectivity index (χ0n) is 16.0. The van der Waals surface area contributed by atoms with Crippen LogP contribution < -0.4 is 5.73 Å². The number of aliphatic imine (C=N–C) groups is 1. The van der Waals surface area contributed by atoms with Crippen molar-refractivity contribution in [2.24, 2.45) is 10.7 Å². The highest BCUT2D eigenvalue weighted by atomic mass is 35.5. The van der Waals surface area contributed by atoms with Crippen LogP contribution in [-0.2, 0) is 9.53 Å². The molecule has 6 nitrogen and oxygen atoms in total. The molecule has 1 atom stereocenters. The lowest BCUT2D eigenvalue weighted by Gasteiger charge is -2.35. The van der Waals surface area contributed by atoms with E-state index in [0.29, 0.717) is 26.4 Å². The summed E-state index contributed by atoms with van der Waals surface area (Å²) in [6, 6.07) is 18.1.